The van der Waals surface area contributed by atoms with Gasteiger partial charge in [0.2, 0.25) is 0 Å². The van der Waals surface area contributed by atoms with Crippen LogP contribution in [-0.4, -0.2) is 25.0 Å². The molecule has 2 aliphatic rings. The summed E-state index contributed by atoms with van der Waals surface area (Å²) in [4.78, 5) is 5.36. The molecule has 4 aromatic heterocycles. The second kappa shape index (κ2) is 25.7. The Hall–Kier alpha value is -12.6. The van der Waals surface area contributed by atoms with Gasteiger partial charge in [0.25, 0.3) is 6.71 Å². The van der Waals surface area contributed by atoms with Crippen molar-refractivity contribution in [2.24, 2.45) is 0 Å². The first kappa shape index (κ1) is 73.3. The fraction of sp³-hybridized carbons (Fsp3) is 0.220. The molecule has 0 atom stereocenters. The Bertz CT molecular complexity index is 7120. The zero-order valence-electron chi connectivity index (χ0n) is 70.8. The number of anilines is 6. The van der Waals surface area contributed by atoms with Crippen LogP contribution in [0.3, 0.4) is 0 Å². The molecule has 0 fully saturated rings. The Morgan fingerprint density at radius 3 is 1.11 bits per heavy atom. The third kappa shape index (κ3) is 11.5. The maximum atomic E-state index is 10.5. The molecule has 14 aromatic carbocycles. The third-order valence-corrected chi connectivity index (χ3v) is 25.7. The zero-order chi connectivity index (χ0) is 81.2. The molecule has 0 spiro atoms. The van der Waals surface area contributed by atoms with Gasteiger partial charge < -0.3 is 28.1 Å². The van der Waals surface area contributed by atoms with Gasteiger partial charge in [-0.25, -0.2) is 0 Å². The minimum Gasteiger partial charge on any atom is -0.311 e. The molecule has 8 heteroatoms. The first-order valence-corrected chi connectivity index (χ1v) is 41.8. The highest BCUT2D eigenvalue weighted by Gasteiger charge is 2.46. The normalized spacial score (nSPS) is 13.5. The van der Waals surface area contributed by atoms with Gasteiger partial charge >= 0.3 is 0 Å². The van der Waals surface area contributed by atoms with Crippen molar-refractivity contribution in [2.75, 3.05) is 9.80 Å². The highest BCUT2D eigenvalue weighted by atomic mass is 15.2. The summed E-state index contributed by atoms with van der Waals surface area (Å²) >= 11 is 0. The van der Waals surface area contributed by atoms with Crippen LogP contribution in [0, 0.1) is 11.3 Å². The lowest BCUT2D eigenvalue weighted by Gasteiger charge is -2.46. The largest absolute Gasteiger partial charge is 0.311 e. The van der Waals surface area contributed by atoms with E-state index in [4.69, 9.17) is 0 Å². The number of rotatable bonds is 7. The maximum absolute atomic E-state index is 10.5. The van der Waals surface area contributed by atoms with Gasteiger partial charge in [0.1, 0.15) is 0 Å². The van der Waals surface area contributed by atoms with Gasteiger partial charge in [0.05, 0.1) is 72.8 Å². The quantitative estimate of drug-likeness (QED) is 0.149. The van der Waals surface area contributed by atoms with E-state index in [1.807, 2.05) is 6.07 Å². The van der Waals surface area contributed by atoms with E-state index in [9.17, 15) is 5.26 Å². The van der Waals surface area contributed by atoms with E-state index in [1.165, 1.54) is 98.9 Å². The fourth-order valence-corrected chi connectivity index (χ4v) is 19.3. The second-order valence-electron chi connectivity index (χ2n) is 39.4. The number of hydrogen-bond donors (Lipinski definition) is 0. The first-order chi connectivity index (χ1) is 55.8. The van der Waals surface area contributed by atoms with Crippen molar-refractivity contribution in [3.8, 4) is 39.9 Å². The summed E-state index contributed by atoms with van der Waals surface area (Å²) in [6.45, 7) is 41.8. The smallest absolute Gasteiger partial charge is 0.252 e. The van der Waals surface area contributed by atoms with E-state index in [1.54, 1.807) is 0 Å². The number of aromatic nitrogens is 4. The number of hydrogen-bond acceptors (Lipinski definition) is 3. The van der Waals surface area contributed by atoms with Crippen molar-refractivity contribution in [1.82, 2.24) is 18.3 Å². The van der Waals surface area contributed by atoms with Crippen molar-refractivity contribution in [3.05, 3.63) is 318 Å². The van der Waals surface area contributed by atoms with Gasteiger partial charge in [-0.15, -0.1) is 0 Å². The van der Waals surface area contributed by atoms with Crippen LogP contribution in [0.2, 0.25) is 0 Å². The molecule has 0 aliphatic carbocycles. The molecule has 0 radical (unpaired) electrons. The van der Waals surface area contributed by atoms with Crippen LogP contribution in [0.15, 0.2) is 279 Å². The highest BCUT2D eigenvalue weighted by Crippen LogP contribution is 2.54. The molecule has 18 aromatic rings. The Kier molecular flexibility index (Phi) is 16.1. The third-order valence-electron chi connectivity index (χ3n) is 25.7. The Balaban J connectivity index is 0.931. The summed E-state index contributed by atoms with van der Waals surface area (Å²) in [5.74, 6) is 0. The minimum atomic E-state index is -0.351. The average Bonchev–Trinajstić information content (AvgIpc) is 1.17. The van der Waals surface area contributed by atoms with Crippen molar-refractivity contribution in [2.45, 2.75) is 157 Å². The van der Waals surface area contributed by atoms with Crippen LogP contribution in [0.5, 0.6) is 0 Å². The molecule has 6 heterocycles. The number of nitrogens with zero attached hydrogens (tertiary/aromatic N) is 7. The Morgan fingerprint density at radius 2 is 0.632 bits per heavy atom. The molecular formula is C109H100BN7. The van der Waals surface area contributed by atoms with E-state index in [0.29, 0.717) is 5.56 Å². The van der Waals surface area contributed by atoms with Crippen molar-refractivity contribution in [1.29, 1.82) is 5.26 Å². The molecule has 0 amide bonds. The summed E-state index contributed by atoms with van der Waals surface area (Å²) < 4.78 is 10.1. The highest BCUT2D eigenvalue weighted by molar-refractivity contribution is 7.00. The molecule has 0 saturated heterocycles. The minimum absolute atomic E-state index is 0.0644. The summed E-state index contributed by atoms with van der Waals surface area (Å²) in [6, 6.07) is 110. The van der Waals surface area contributed by atoms with Gasteiger partial charge in [0.15, 0.2) is 0 Å². The van der Waals surface area contributed by atoms with Crippen LogP contribution in [0.1, 0.15) is 164 Å². The Morgan fingerprint density at radius 1 is 0.248 bits per heavy atom. The lowest BCUT2D eigenvalue weighted by atomic mass is 9.33. The molecular weight excluding hydrogens is 1420 g/mol. The first-order valence-electron chi connectivity index (χ1n) is 41.8. The van der Waals surface area contributed by atoms with Crippen LogP contribution in [-0.2, 0) is 32.5 Å². The predicted molar refractivity (Wildman–Crippen MR) is 500 cm³/mol. The van der Waals surface area contributed by atoms with E-state index in [0.717, 1.165) is 106 Å². The molecule has 20 rings (SSSR count). The van der Waals surface area contributed by atoms with Crippen molar-refractivity contribution < 1.29 is 0 Å². The van der Waals surface area contributed by atoms with Gasteiger partial charge in [0, 0.05) is 88.5 Å². The molecule has 0 N–H and O–H groups in total. The van der Waals surface area contributed by atoms with Crippen LogP contribution in [0.25, 0.3) is 121 Å². The SMILES string of the molecule is CC(C)(C)c1ccc(N2c3cc(-n4c5ccc(C(C)(C)C)cc5c5cc(C(C)(C)C)ccc54)ccc3B3c4ccc(-n5c6ccccc6c6cc(C#N)ccc65)cc4N(c4cccc5c6cccc(-n7c8ccc(C(C)(C)C)cc8c8cc(C(C)(C)C)ccc87)c6n(-c6ccccc6)c45)c4cc(C(C)(C)C)cc2c43)c(-c2ccccc2)c1. The van der Waals surface area contributed by atoms with E-state index in [-0.39, 0.29) is 39.2 Å². The number of nitriles is 1. The summed E-state index contributed by atoms with van der Waals surface area (Å²) in [7, 11) is 0. The Labute approximate surface area is 688 Å². The molecule has 117 heavy (non-hydrogen) atoms. The molecule has 0 unspecified atom stereocenters. The van der Waals surface area contributed by atoms with E-state index in [2.05, 4.69) is 432 Å². The van der Waals surface area contributed by atoms with Gasteiger partial charge in [-0.3, -0.25) is 0 Å². The second-order valence-corrected chi connectivity index (χ2v) is 39.4. The average molecular weight is 1520 g/mol. The molecule has 2 aliphatic heterocycles. The fourth-order valence-electron chi connectivity index (χ4n) is 19.3. The molecule has 0 bridgehead atoms. The van der Waals surface area contributed by atoms with E-state index < -0.39 is 0 Å². The lowest BCUT2D eigenvalue weighted by molar-refractivity contribution is 0.590. The molecule has 0 saturated carbocycles. The van der Waals surface area contributed by atoms with Crippen LogP contribution >= 0.6 is 0 Å². The zero-order valence-corrected chi connectivity index (χ0v) is 70.8. The molecule has 7 nitrogen and oxygen atoms in total. The summed E-state index contributed by atoms with van der Waals surface area (Å²) in [5, 5.41) is 20.0. The van der Waals surface area contributed by atoms with Gasteiger partial charge in [-0.1, -0.05) is 258 Å². The molecule has 574 valence electrons. The van der Waals surface area contributed by atoms with E-state index >= 15 is 0 Å². The van der Waals surface area contributed by atoms with Crippen molar-refractivity contribution in [3.63, 3.8) is 0 Å². The van der Waals surface area contributed by atoms with Gasteiger partial charge in [-0.2, -0.15) is 5.26 Å². The topological polar surface area (TPSA) is 50.0 Å². The van der Waals surface area contributed by atoms with Crippen molar-refractivity contribution >= 4 is 144 Å². The summed E-state index contributed by atoms with van der Waals surface area (Å²) in [5.41, 5.74) is 33.5. The maximum Gasteiger partial charge on any atom is 0.252 e. The number of benzene rings is 14. The lowest BCUT2D eigenvalue weighted by Crippen LogP contribution is -2.61. The number of para-hydroxylation sites is 4. The number of fused-ring (bicyclic) bond motifs is 16. The van der Waals surface area contributed by atoms with Gasteiger partial charge in [-0.05, 0) is 233 Å². The van der Waals surface area contributed by atoms with Crippen LogP contribution < -0.4 is 26.2 Å². The standard InChI is InChI=1S/C109H100BN7/c1-104(2,3)68-40-50-89(80(56-68)67-29-21-19-22-30-67)116-97-63-76(113-91-51-41-69(105(4,5)6)57-82(91)83-58-70(106(7,8)9)42-52-92(83)113)46-47-86(97)110-87-48-45-75(112-88-36-26-25-33-77(88)81-55-66(65-111)39-49-90(81)112)64-98(87)117(100-62-73(109(16,17)18)61-99(116)101(100)110)96-38-28-35-79-78-34-27-37-95(102(78)114(103(79)96)74-31-23-20-24-32-74)115-93-53-43-71(107(10,11)12)59-84(93)85-60-72(108(13,14)15)44-54-94(85)115/h19-64H,1-18H3. The monoisotopic (exact) mass is 1520 g/mol. The predicted octanol–water partition coefficient (Wildman–Crippen LogP) is 27.5. The van der Waals surface area contributed by atoms with Crippen LogP contribution in [0.4, 0.5) is 34.1 Å². The summed E-state index contributed by atoms with van der Waals surface area (Å²) in [6.07, 6.45) is 0.